The van der Waals surface area contributed by atoms with Gasteiger partial charge in [-0.05, 0) is 11.8 Å². The summed E-state index contributed by atoms with van der Waals surface area (Å²) in [5, 5.41) is 18.2. The van der Waals surface area contributed by atoms with Gasteiger partial charge >= 0.3 is 5.69 Å². The average molecular weight is 254 g/mol. The molecule has 0 aliphatic rings. The Hall–Kier alpha value is -2.23. The van der Waals surface area contributed by atoms with Crippen molar-refractivity contribution < 1.29 is 9.34 Å². The Morgan fingerprint density at radius 1 is 1.53 bits per heavy atom. The van der Waals surface area contributed by atoms with Gasteiger partial charge in [0, 0.05) is 6.92 Å². The third kappa shape index (κ3) is 2.47. The molecule has 0 spiro atoms. The summed E-state index contributed by atoms with van der Waals surface area (Å²) in [5.74, 6) is 0.298. The van der Waals surface area contributed by atoms with Gasteiger partial charge < -0.3 is 10.2 Å². The molecule has 2 N–H and O–H groups in total. The molecule has 0 fully saturated rings. The lowest BCUT2D eigenvalue weighted by Crippen LogP contribution is -2.00. The molecule has 88 valence electrons. The van der Waals surface area contributed by atoms with Crippen molar-refractivity contribution in [3.8, 4) is 0 Å². The monoisotopic (exact) mass is 254 g/mol. The molecule has 2 aromatic heterocycles. The van der Waals surface area contributed by atoms with Crippen molar-refractivity contribution in [1.82, 2.24) is 20.2 Å². The summed E-state index contributed by atoms with van der Waals surface area (Å²) < 4.78 is 5.08. The Labute approximate surface area is 98.6 Å². The molecule has 2 heterocycles. The molecule has 0 unspecified atom stereocenters. The van der Waals surface area contributed by atoms with Crippen molar-refractivity contribution in [2.45, 2.75) is 17.2 Å². The molecule has 0 amide bonds. The fourth-order valence-electron chi connectivity index (χ4n) is 0.975. The van der Waals surface area contributed by atoms with Gasteiger partial charge in [-0.3, -0.25) is 10.1 Å². The van der Waals surface area contributed by atoms with Crippen molar-refractivity contribution >= 4 is 23.4 Å². The van der Waals surface area contributed by atoms with Gasteiger partial charge in [0.15, 0.2) is 5.03 Å². The van der Waals surface area contributed by atoms with E-state index in [1.54, 1.807) is 6.92 Å². The third-order valence-corrected chi connectivity index (χ3v) is 2.48. The number of nitro groups is 1. The number of aromatic nitrogens is 4. The Morgan fingerprint density at radius 2 is 2.29 bits per heavy atom. The highest BCUT2D eigenvalue weighted by molar-refractivity contribution is 7.99. The second-order valence-corrected chi connectivity index (χ2v) is 3.80. The molecule has 17 heavy (non-hydrogen) atoms. The van der Waals surface area contributed by atoms with Crippen LogP contribution in [0.15, 0.2) is 20.9 Å². The van der Waals surface area contributed by atoms with E-state index < -0.39 is 4.92 Å². The average Bonchev–Trinajstić information content (AvgIpc) is 2.63. The maximum absolute atomic E-state index is 10.7. The zero-order valence-corrected chi connectivity index (χ0v) is 9.34. The van der Waals surface area contributed by atoms with E-state index in [9.17, 15) is 10.1 Å². The molecule has 2 rings (SSSR count). The van der Waals surface area contributed by atoms with Crippen molar-refractivity contribution in [3.05, 3.63) is 22.2 Å². The van der Waals surface area contributed by atoms with Crippen LogP contribution in [0.1, 0.15) is 5.89 Å². The van der Waals surface area contributed by atoms with Crippen molar-refractivity contribution in [1.29, 1.82) is 0 Å². The third-order valence-electron chi connectivity index (χ3n) is 1.64. The minimum absolute atomic E-state index is 0.0608. The normalized spacial score (nSPS) is 10.4. The molecule has 0 aromatic carbocycles. The molecule has 0 bridgehead atoms. The van der Waals surface area contributed by atoms with Crippen molar-refractivity contribution in [3.63, 3.8) is 0 Å². The van der Waals surface area contributed by atoms with E-state index in [4.69, 9.17) is 10.2 Å². The lowest BCUT2D eigenvalue weighted by atomic mass is 10.5. The Balaban J connectivity index is 2.37. The number of nitrogens with two attached hydrogens (primary N) is 1. The van der Waals surface area contributed by atoms with Gasteiger partial charge in [0.05, 0.1) is 4.92 Å². The van der Waals surface area contributed by atoms with Gasteiger partial charge in [-0.2, -0.15) is 4.98 Å². The Morgan fingerprint density at radius 3 is 2.88 bits per heavy atom. The van der Waals surface area contributed by atoms with Crippen LogP contribution in [-0.2, 0) is 0 Å². The summed E-state index contributed by atoms with van der Waals surface area (Å²) >= 11 is 0.864. The molecule has 0 atom stereocenters. The smallest absolute Gasteiger partial charge is 0.320 e. The highest BCUT2D eigenvalue weighted by Crippen LogP contribution is 2.31. The minimum atomic E-state index is -0.606. The van der Waals surface area contributed by atoms with Gasteiger partial charge in [0.25, 0.3) is 5.22 Å². The predicted octanol–water partition coefficient (Wildman–Crippen LogP) is 0.810. The number of rotatable bonds is 3. The van der Waals surface area contributed by atoms with E-state index in [0.717, 1.165) is 18.0 Å². The molecule has 0 saturated heterocycles. The maximum Gasteiger partial charge on any atom is 0.320 e. The summed E-state index contributed by atoms with van der Waals surface area (Å²) in [6.07, 6.45) is 1.04. The molecular formula is C7H6N6O3S. The van der Waals surface area contributed by atoms with Crippen LogP contribution in [0.3, 0.4) is 0 Å². The molecular weight excluding hydrogens is 248 g/mol. The van der Waals surface area contributed by atoms with E-state index in [0.29, 0.717) is 5.89 Å². The molecule has 0 aliphatic carbocycles. The van der Waals surface area contributed by atoms with Crippen LogP contribution in [0.25, 0.3) is 0 Å². The van der Waals surface area contributed by atoms with Crippen LogP contribution >= 0.6 is 11.8 Å². The fourth-order valence-corrected chi connectivity index (χ4v) is 1.76. The largest absolute Gasteiger partial charge is 0.416 e. The number of hydrogen-bond acceptors (Lipinski definition) is 9. The van der Waals surface area contributed by atoms with Crippen LogP contribution in [0, 0.1) is 17.0 Å². The predicted molar refractivity (Wildman–Crippen MR) is 56.3 cm³/mol. The quantitative estimate of drug-likeness (QED) is 0.479. The number of aryl methyl sites for hydroxylation is 1. The molecule has 9 nitrogen and oxygen atoms in total. The minimum Gasteiger partial charge on any atom is -0.416 e. The van der Waals surface area contributed by atoms with E-state index in [-0.39, 0.29) is 21.9 Å². The number of nitrogen functional groups attached to an aromatic ring is 1. The number of nitrogens with zero attached hydrogens (tertiary/aromatic N) is 5. The lowest BCUT2D eigenvalue weighted by molar-refractivity contribution is -0.388. The summed E-state index contributed by atoms with van der Waals surface area (Å²) in [7, 11) is 0. The first-order valence-corrected chi connectivity index (χ1v) is 5.13. The highest BCUT2D eigenvalue weighted by Gasteiger charge is 2.20. The number of hydrogen-bond donors (Lipinski definition) is 1. The summed E-state index contributed by atoms with van der Waals surface area (Å²) in [5.41, 5.74) is 5.10. The molecule has 10 heteroatoms. The van der Waals surface area contributed by atoms with Gasteiger partial charge in [-0.1, -0.05) is 0 Å². The first-order valence-electron chi connectivity index (χ1n) is 4.31. The van der Waals surface area contributed by atoms with Crippen molar-refractivity contribution in [2.24, 2.45) is 0 Å². The topological polar surface area (TPSA) is 134 Å². The second kappa shape index (κ2) is 4.33. The summed E-state index contributed by atoms with van der Waals surface area (Å²) in [6.45, 7) is 1.61. The first-order chi connectivity index (χ1) is 8.06. The maximum atomic E-state index is 10.7. The number of anilines is 1. The molecule has 0 aliphatic heterocycles. The van der Waals surface area contributed by atoms with Gasteiger partial charge in [0.2, 0.25) is 11.8 Å². The first kappa shape index (κ1) is 11.3. The Kier molecular flexibility index (Phi) is 2.87. The zero-order valence-electron chi connectivity index (χ0n) is 8.52. The van der Waals surface area contributed by atoms with E-state index in [1.165, 1.54) is 0 Å². The molecule has 0 radical (unpaired) electrons. The fraction of sp³-hybridized carbons (Fsp3) is 0.143. The SMILES string of the molecule is Cc1nnc(Sc2nc(N)ncc2[N+](=O)[O-])o1. The van der Waals surface area contributed by atoms with Gasteiger partial charge in [-0.15, -0.1) is 10.2 Å². The van der Waals surface area contributed by atoms with Crippen molar-refractivity contribution in [2.75, 3.05) is 5.73 Å². The van der Waals surface area contributed by atoms with Crippen LogP contribution in [0.4, 0.5) is 11.6 Å². The van der Waals surface area contributed by atoms with Crippen LogP contribution in [0.5, 0.6) is 0 Å². The van der Waals surface area contributed by atoms with Crippen LogP contribution in [0.2, 0.25) is 0 Å². The van der Waals surface area contributed by atoms with E-state index in [2.05, 4.69) is 20.2 Å². The summed E-state index contributed by atoms with van der Waals surface area (Å²) in [4.78, 5) is 17.4. The summed E-state index contributed by atoms with van der Waals surface area (Å²) in [6, 6.07) is 0. The van der Waals surface area contributed by atoms with Gasteiger partial charge in [0.1, 0.15) is 6.20 Å². The lowest BCUT2D eigenvalue weighted by Gasteiger charge is -1.98. The van der Waals surface area contributed by atoms with E-state index >= 15 is 0 Å². The zero-order chi connectivity index (χ0) is 12.4. The standard InChI is InChI=1S/C7H6N6O3S/c1-3-11-12-7(16-3)17-5-4(13(14)15)2-9-6(8)10-5/h2H,1H3,(H2,8,9,10). The Bertz CT molecular complexity index is 570. The molecule has 2 aromatic rings. The van der Waals surface area contributed by atoms with Gasteiger partial charge in [-0.25, -0.2) is 4.98 Å². The van der Waals surface area contributed by atoms with E-state index in [1.807, 2.05) is 0 Å². The molecule has 0 saturated carbocycles. The van der Waals surface area contributed by atoms with Crippen LogP contribution in [-0.4, -0.2) is 25.1 Å². The van der Waals surface area contributed by atoms with Crippen LogP contribution < -0.4 is 5.73 Å². The second-order valence-electron chi connectivity index (χ2n) is 2.86. The highest BCUT2D eigenvalue weighted by atomic mass is 32.2.